The third kappa shape index (κ3) is 5.19. The molecule has 1 heterocycles. The third-order valence-corrected chi connectivity index (χ3v) is 3.02. The molecule has 0 saturated carbocycles. The van der Waals surface area contributed by atoms with Crippen molar-refractivity contribution >= 4 is 11.8 Å². The number of pyridine rings is 1. The Morgan fingerprint density at radius 3 is 2.25 bits per heavy atom. The summed E-state index contributed by atoms with van der Waals surface area (Å²) in [6.07, 6.45) is 0.997. The quantitative estimate of drug-likeness (QED) is 0.876. The predicted molar refractivity (Wildman–Crippen MR) is 82.5 cm³/mol. The van der Waals surface area contributed by atoms with Gasteiger partial charge < -0.3 is 10.4 Å². The lowest BCUT2D eigenvalue weighted by Crippen LogP contribution is -2.18. The third-order valence-electron chi connectivity index (χ3n) is 3.02. The van der Waals surface area contributed by atoms with Crippen LogP contribution in [-0.4, -0.2) is 22.6 Å². The number of hydrogen-bond donors (Lipinski definition) is 2. The fourth-order valence-electron chi connectivity index (χ4n) is 1.69. The number of carboxylic acids is 1. The molecule has 0 radical (unpaired) electrons. The highest BCUT2D eigenvalue weighted by molar-refractivity contribution is 5.88. The molecule has 0 aliphatic carbocycles. The van der Waals surface area contributed by atoms with Gasteiger partial charge in [0.25, 0.3) is 0 Å². The van der Waals surface area contributed by atoms with Gasteiger partial charge in [0.1, 0.15) is 5.82 Å². The Balaban J connectivity index is 2.95. The molecular formula is C16H26N2O2. The van der Waals surface area contributed by atoms with Crippen LogP contribution in [0.2, 0.25) is 0 Å². The lowest BCUT2D eigenvalue weighted by atomic mass is 9.90. The Hall–Kier alpha value is -1.58. The van der Waals surface area contributed by atoms with E-state index >= 15 is 0 Å². The minimum absolute atomic E-state index is 0.175. The molecule has 4 heteroatoms. The summed E-state index contributed by atoms with van der Waals surface area (Å²) in [6.45, 7) is 13.4. The van der Waals surface area contributed by atoms with Crippen molar-refractivity contribution < 1.29 is 9.90 Å². The highest BCUT2D eigenvalue weighted by atomic mass is 16.4. The summed E-state index contributed by atoms with van der Waals surface area (Å²) in [4.78, 5) is 15.7. The molecule has 112 valence electrons. The van der Waals surface area contributed by atoms with E-state index in [0.29, 0.717) is 5.82 Å². The smallest absolute Gasteiger partial charge is 0.335 e. The van der Waals surface area contributed by atoms with Crippen molar-refractivity contribution in [1.29, 1.82) is 0 Å². The van der Waals surface area contributed by atoms with Crippen molar-refractivity contribution in [2.75, 3.05) is 11.9 Å². The Labute approximate surface area is 121 Å². The molecule has 1 aromatic heterocycles. The lowest BCUT2D eigenvalue weighted by Gasteiger charge is -2.21. The lowest BCUT2D eigenvalue weighted by molar-refractivity contribution is 0.0696. The normalized spacial score (nSPS) is 12.3. The number of aromatic nitrogens is 1. The number of carboxylic acid groups (broad SMARTS) is 1. The zero-order valence-electron chi connectivity index (χ0n) is 13.4. The molecule has 0 spiro atoms. The number of nitrogens with one attached hydrogen (secondary N) is 1. The summed E-state index contributed by atoms with van der Waals surface area (Å²) in [5.41, 5.74) is 1.13. The van der Waals surface area contributed by atoms with Crippen LogP contribution in [0, 0.1) is 5.41 Å². The minimum atomic E-state index is -0.920. The fraction of sp³-hybridized carbons (Fsp3) is 0.625. The number of rotatable bonds is 4. The number of carbonyl (C=O) groups is 1. The van der Waals surface area contributed by atoms with E-state index in [1.54, 1.807) is 12.1 Å². The Morgan fingerprint density at radius 1 is 1.20 bits per heavy atom. The van der Waals surface area contributed by atoms with Gasteiger partial charge in [0.15, 0.2) is 0 Å². The van der Waals surface area contributed by atoms with Crippen molar-refractivity contribution in [3.8, 4) is 0 Å². The SMILES string of the molecule is CC(C)(C)CCNc1cc(C(=O)O)cc(C(C)(C)C)n1. The standard InChI is InChI=1S/C16H26N2O2/c1-15(2,3)7-8-17-13-10-11(14(19)20)9-12(18-13)16(4,5)6/h9-10H,7-8H2,1-6H3,(H,17,18)(H,19,20). The molecule has 0 atom stereocenters. The van der Waals surface area contributed by atoms with Crippen molar-refractivity contribution in [3.05, 3.63) is 23.4 Å². The Bertz CT molecular complexity index is 482. The first-order valence-electron chi connectivity index (χ1n) is 6.99. The van der Waals surface area contributed by atoms with Crippen LogP contribution < -0.4 is 5.32 Å². The second kappa shape index (κ2) is 5.81. The zero-order valence-corrected chi connectivity index (χ0v) is 13.4. The molecule has 0 bridgehead atoms. The number of hydrogen-bond acceptors (Lipinski definition) is 3. The average molecular weight is 278 g/mol. The molecule has 4 nitrogen and oxygen atoms in total. The van der Waals surface area contributed by atoms with E-state index in [-0.39, 0.29) is 16.4 Å². The largest absolute Gasteiger partial charge is 0.478 e. The van der Waals surface area contributed by atoms with Crippen molar-refractivity contribution in [1.82, 2.24) is 4.98 Å². The maximum Gasteiger partial charge on any atom is 0.335 e. The van der Waals surface area contributed by atoms with Crippen LogP contribution in [0.3, 0.4) is 0 Å². The molecule has 0 amide bonds. The summed E-state index contributed by atoms with van der Waals surface area (Å²) in [5.74, 6) is -0.282. The summed E-state index contributed by atoms with van der Waals surface area (Å²) >= 11 is 0. The van der Waals surface area contributed by atoms with E-state index in [4.69, 9.17) is 0 Å². The van der Waals surface area contributed by atoms with Crippen molar-refractivity contribution in [2.45, 2.75) is 53.4 Å². The van der Waals surface area contributed by atoms with Gasteiger partial charge in [-0.05, 0) is 24.0 Å². The summed E-state index contributed by atoms with van der Waals surface area (Å²) in [5, 5.41) is 12.4. The van der Waals surface area contributed by atoms with Crippen LogP contribution in [-0.2, 0) is 5.41 Å². The molecule has 1 aromatic rings. The van der Waals surface area contributed by atoms with Crippen molar-refractivity contribution in [3.63, 3.8) is 0 Å². The summed E-state index contributed by atoms with van der Waals surface area (Å²) in [6, 6.07) is 3.25. The molecular weight excluding hydrogens is 252 g/mol. The Kier molecular flexibility index (Phi) is 4.79. The van der Waals surface area contributed by atoms with E-state index in [1.807, 2.05) is 20.8 Å². The molecule has 2 N–H and O–H groups in total. The maximum atomic E-state index is 11.2. The highest BCUT2D eigenvalue weighted by Gasteiger charge is 2.19. The molecule has 0 aliphatic heterocycles. The topological polar surface area (TPSA) is 62.2 Å². The second-order valence-electron chi connectivity index (χ2n) is 7.42. The van der Waals surface area contributed by atoms with E-state index < -0.39 is 5.97 Å². The molecule has 20 heavy (non-hydrogen) atoms. The number of aromatic carboxylic acids is 1. The van der Waals surface area contributed by atoms with Gasteiger partial charge in [-0.3, -0.25) is 0 Å². The first-order valence-corrected chi connectivity index (χ1v) is 6.99. The van der Waals surface area contributed by atoms with Gasteiger partial charge in [-0.15, -0.1) is 0 Å². The van der Waals surface area contributed by atoms with Gasteiger partial charge in [-0.2, -0.15) is 0 Å². The number of nitrogens with zero attached hydrogens (tertiary/aromatic N) is 1. The van der Waals surface area contributed by atoms with E-state index in [2.05, 4.69) is 31.1 Å². The number of anilines is 1. The van der Waals surface area contributed by atoms with Crippen LogP contribution >= 0.6 is 0 Å². The molecule has 0 fully saturated rings. The fourth-order valence-corrected chi connectivity index (χ4v) is 1.69. The van der Waals surface area contributed by atoms with Gasteiger partial charge in [0.2, 0.25) is 0 Å². The molecule has 1 rings (SSSR count). The molecule has 0 saturated heterocycles. The van der Waals surface area contributed by atoms with Crippen LogP contribution in [0.25, 0.3) is 0 Å². The molecule has 0 aromatic carbocycles. The van der Waals surface area contributed by atoms with Gasteiger partial charge in [-0.25, -0.2) is 9.78 Å². The monoisotopic (exact) mass is 278 g/mol. The molecule has 0 aliphatic rings. The van der Waals surface area contributed by atoms with Gasteiger partial charge in [0.05, 0.1) is 5.56 Å². The first-order chi connectivity index (χ1) is 8.99. The Morgan fingerprint density at radius 2 is 1.80 bits per heavy atom. The van der Waals surface area contributed by atoms with E-state index in [0.717, 1.165) is 18.7 Å². The van der Waals surface area contributed by atoms with E-state index in [9.17, 15) is 9.90 Å². The maximum absolute atomic E-state index is 11.2. The molecule has 0 unspecified atom stereocenters. The van der Waals surface area contributed by atoms with Crippen molar-refractivity contribution in [2.24, 2.45) is 5.41 Å². The summed E-state index contributed by atoms with van der Waals surface area (Å²) < 4.78 is 0. The van der Waals surface area contributed by atoms with Crippen LogP contribution in [0.15, 0.2) is 12.1 Å². The zero-order chi connectivity index (χ0) is 15.6. The summed E-state index contributed by atoms with van der Waals surface area (Å²) in [7, 11) is 0. The first kappa shape index (κ1) is 16.5. The van der Waals surface area contributed by atoms with Gasteiger partial charge in [0, 0.05) is 17.7 Å². The highest BCUT2D eigenvalue weighted by Crippen LogP contribution is 2.24. The van der Waals surface area contributed by atoms with Crippen LogP contribution in [0.5, 0.6) is 0 Å². The van der Waals surface area contributed by atoms with Crippen LogP contribution in [0.4, 0.5) is 5.82 Å². The predicted octanol–water partition coefficient (Wildman–Crippen LogP) is 3.93. The average Bonchev–Trinajstić information content (AvgIpc) is 2.25. The van der Waals surface area contributed by atoms with Gasteiger partial charge >= 0.3 is 5.97 Å². The second-order valence-corrected chi connectivity index (χ2v) is 7.42. The van der Waals surface area contributed by atoms with Gasteiger partial charge in [-0.1, -0.05) is 41.5 Å². The van der Waals surface area contributed by atoms with Crippen LogP contribution in [0.1, 0.15) is 64.0 Å². The minimum Gasteiger partial charge on any atom is -0.478 e. The van der Waals surface area contributed by atoms with E-state index in [1.165, 1.54) is 0 Å².